The van der Waals surface area contributed by atoms with Crippen molar-refractivity contribution in [1.29, 1.82) is 0 Å². The molecule has 26 heavy (non-hydrogen) atoms. The van der Waals surface area contributed by atoms with Crippen LogP contribution in [0.25, 0.3) is 0 Å². The summed E-state index contributed by atoms with van der Waals surface area (Å²) in [5.74, 6) is -1.08. The second-order valence-corrected chi connectivity index (χ2v) is 6.83. The molecule has 2 aromatic heterocycles. The van der Waals surface area contributed by atoms with Crippen LogP contribution in [-0.2, 0) is 6.42 Å². The number of nitrogens with one attached hydrogen (secondary N) is 1. The van der Waals surface area contributed by atoms with Gasteiger partial charge in [0.25, 0.3) is 5.56 Å². The zero-order valence-electron chi connectivity index (χ0n) is 13.4. The molecule has 3 rings (SSSR count). The first-order chi connectivity index (χ1) is 12.3. The molecule has 0 aliphatic rings. The van der Waals surface area contributed by atoms with Gasteiger partial charge in [-0.3, -0.25) is 4.79 Å². The van der Waals surface area contributed by atoms with Crippen LogP contribution in [0.1, 0.15) is 16.8 Å². The number of hydrogen-bond donors (Lipinski definition) is 1. The lowest BCUT2D eigenvalue weighted by Crippen LogP contribution is -2.27. The number of aromatic amines is 1. The SMILES string of the molecule is Cc1cc(Cc2ccc(Cl)c(Oc3ccc(Br)c[n+]3[O-])c2F)n[nH]c1=O. The van der Waals surface area contributed by atoms with Crippen LogP contribution >= 0.6 is 27.5 Å². The molecule has 0 fully saturated rings. The van der Waals surface area contributed by atoms with E-state index in [0.29, 0.717) is 20.5 Å². The van der Waals surface area contributed by atoms with E-state index in [2.05, 4.69) is 26.1 Å². The van der Waals surface area contributed by atoms with Crippen molar-refractivity contribution >= 4 is 27.5 Å². The van der Waals surface area contributed by atoms with Gasteiger partial charge in [-0.25, -0.2) is 9.49 Å². The number of aryl methyl sites for hydroxylation is 1. The first kappa shape index (κ1) is 18.3. The molecule has 0 radical (unpaired) electrons. The fraction of sp³-hybridized carbons (Fsp3) is 0.118. The van der Waals surface area contributed by atoms with Gasteiger partial charge in [-0.1, -0.05) is 17.7 Å². The molecule has 1 aromatic carbocycles. The van der Waals surface area contributed by atoms with E-state index < -0.39 is 5.82 Å². The summed E-state index contributed by atoms with van der Waals surface area (Å²) >= 11 is 9.20. The molecule has 0 unspecified atom stereocenters. The van der Waals surface area contributed by atoms with Gasteiger partial charge in [-0.05, 0) is 46.6 Å². The monoisotopic (exact) mass is 439 g/mol. The second-order valence-electron chi connectivity index (χ2n) is 5.51. The molecule has 0 aliphatic carbocycles. The fourth-order valence-corrected chi connectivity index (χ4v) is 2.78. The summed E-state index contributed by atoms with van der Waals surface area (Å²) in [7, 11) is 0. The molecule has 0 aliphatic heterocycles. The maximum absolute atomic E-state index is 14.9. The first-order valence-electron chi connectivity index (χ1n) is 7.44. The lowest BCUT2D eigenvalue weighted by Gasteiger charge is -2.11. The number of halogens is 3. The average Bonchev–Trinajstić information content (AvgIpc) is 2.59. The fourth-order valence-electron chi connectivity index (χ4n) is 2.27. The number of pyridine rings is 1. The largest absolute Gasteiger partial charge is 0.616 e. The quantitative estimate of drug-likeness (QED) is 0.496. The van der Waals surface area contributed by atoms with E-state index >= 15 is 0 Å². The minimum Gasteiger partial charge on any atom is -0.616 e. The third-order valence-electron chi connectivity index (χ3n) is 3.59. The third-order valence-corrected chi connectivity index (χ3v) is 4.36. The predicted molar refractivity (Wildman–Crippen MR) is 97.0 cm³/mol. The van der Waals surface area contributed by atoms with Crippen LogP contribution < -0.4 is 15.0 Å². The normalized spacial score (nSPS) is 10.8. The number of hydrogen-bond acceptors (Lipinski definition) is 4. The van der Waals surface area contributed by atoms with E-state index in [-0.39, 0.29) is 34.2 Å². The molecular weight excluding hydrogens is 429 g/mol. The Hall–Kier alpha value is -2.45. The van der Waals surface area contributed by atoms with E-state index in [1.54, 1.807) is 19.1 Å². The van der Waals surface area contributed by atoms with Gasteiger partial charge in [-0.15, -0.1) is 4.73 Å². The molecule has 1 N–H and O–H groups in total. The molecule has 0 saturated carbocycles. The smallest absolute Gasteiger partial charge is 0.385 e. The van der Waals surface area contributed by atoms with Gasteiger partial charge in [0.2, 0.25) is 0 Å². The van der Waals surface area contributed by atoms with Gasteiger partial charge in [0.1, 0.15) is 0 Å². The van der Waals surface area contributed by atoms with Gasteiger partial charge in [0.15, 0.2) is 17.8 Å². The van der Waals surface area contributed by atoms with Crippen LogP contribution in [0, 0.1) is 17.9 Å². The highest BCUT2D eigenvalue weighted by atomic mass is 79.9. The molecule has 0 spiro atoms. The maximum Gasteiger partial charge on any atom is 0.385 e. The van der Waals surface area contributed by atoms with E-state index in [0.717, 1.165) is 0 Å². The topological polar surface area (TPSA) is 81.9 Å². The Balaban J connectivity index is 1.95. The highest BCUT2D eigenvalue weighted by molar-refractivity contribution is 9.10. The van der Waals surface area contributed by atoms with Crippen LogP contribution in [0.3, 0.4) is 0 Å². The number of aromatic nitrogens is 3. The van der Waals surface area contributed by atoms with E-state index in [1.807, 2.05) is 0 Å². The van der Waals surface area contributed by atoms with Crippen molar-refractivity contribution in [3.63, 3.8) is 0 Å². The number of ether oxygens (including phenoxy) is 1. The Morgan fingerprint density at radius 1 is 1.38 bits per heavy atom. The lowest BCUT2D eigenvalue weighted by atomic mass is 10.1. The standard InChI is InChI=1S/C17H12BrClFN3O3/c1-9-6-12(21-22-17(9)24)7-10-2-4-13(19)16(15(10)20)26-14-5-3-11(18)8-23(14)25/h2-6,8H,7H2,1H3,(H,22,24). The van der Waals surface area contributed by atoms with E-state index in [9.17, 15) is 14.4 Å². The molecule has 3 aromatic rings. The summed E-state index contributed by atoms with van der Waals surface area (Å²) in [6, 6.07) is 7.54. The van der Waals surface area contributed by atoms with Crippen molar-refractivity contribution in [1.82, 2.24) is 10.2 Å². The van der Waals surface area contributed by atoms with Crippen molar-refractivity contribution in [2.24, 2.45) is 0 Å². The van der Waals surface area contributed by atoms with E-state index in [4.69, 9.17) is 16.3 Å². The molecule has 0 amide bonds. The summed E-state index contributed by atoms with van der Waals surface area (Å²) in [4.78, 5) is 11.4. The molecule has 9 heteroatoms. The Morgan fingerprint density at radius 2 is 2.15 bits per heavy atom. The zero-order chi connectivity index (χ0) is 18.8. The van der Waals surface area contributed by atoms with E-state index in [1.165, 1.54) is 24.4 Å². The number of rotatable bonds is 4. The Morgan fingerprint density at radius 3 is 2.85 bits per heavy atom. The predicted octanol–water partition coefficient (Wildman–Crippen LogP) is 3.65. The summed E-state index contributed by atoms with van der Waals surface area (Å²) < 4.78 is 21.3. The molecular formula is C17H12BrClFN3O3. The van der Waals surface area contributed by atoms with Crippen LogP contribution in [0.15, 0.2) is 45.8 Å². The molecule has 0 bridgehead atoms. The molecule has 0 saturated heterocycles. The van der Waals surface area contributed by atoms with Crippen molar-refractivity contribution in [3.05, 3.63) is 84.2 Å². The Bertz CT molecular complexity index is 1040. The molecule has 0 atom stereocenters. The minimum atomic E-state index is -0.703. The van der Waals surface area contributed by atoms with Gasteiger partial charge >= 0.3 is 5.88 Å². The van der Waals surface area contributed by atoms with Crippen molar-refractivity contribution in [3.8, 4) is 11.6 Å². The average molecular weight is 441 g/mol. The first-order valence-corrected chi connectivity index (χ1v) is 8.61. The number of nitrogens with zero attached hydrogens (tertiary/aromatic N) is 2. The van der Waals surface area contributed by atoms with Crippen molar-refractivity contribution < 1.29 is 13.9 Å². The van der Waals surface area contributed by atoms with Gasteiger partial charge in [0, 0.05) is 12.0 Å². The Kier molecular flexibility index (Phi) is 5.24. The van der Waals surface area contributed by atoms with Crippen LogP contribution in [0.2, 0.25) is 5.02 Å². The van der Waals surface area contributed by atoms with Crippen LogP contribution in [0.5, 0.6) is 11.6 Å². The summed E-state index contributed by atoms with van der Waals surface area (Å²) in [6.45, 7) is 1.64. The van der Waals surface area contributed by atoms with Gasteiger partial charge in [-0.2, -0.15) is 5.10 Å². The molecule has 6 nitrogen and oxygen atoms in total. The van der Waals surface area contributed by atoms with Crippen molar-refractivity contribution in [2.75, 3.05) is 0 Å². The summed E-state index contributed by atoms with van der Waals surface area (Å²) in [5.41, 5.74) is 0.919. The highest BCUT2D eigenvalue weighted by Crippen LogP contribution is 2.33. The Labute approximate surface area is 160 Å². The van der Waals surface area contributed by atoms with Gasteiger partial charge < -0.3 is 9.94 Å². The van der Waals surface area contributed by atoms with Crippen molar-refractivity contribution in [2.45, 2.75) is 13.3 Å². The number of H-pyrrole nitrogens is 1. The summed E-state index contributed by atoms with van der Waals surface area (Å²) in [6.07, 6.45) is 1.35. The maximum atomic E-state index is 14.9. The molecule has 134 valence electrons. The molecule has 2 heterocycles. The van der Waals surface area contributed by atoms with Crippen LogP contribution in [0.4, 0.5) is 4.39 Å². The third kappa shape index (κ3) is 3.86. The number of benzene rings is 1. The second kappa shape index (κ2) is 7.43. The lowest BCUT2D eigenvalue weighted by molar-refractivity contribution is -0.611. The van der Waals surface area contributed by atoms with Crippen LogP contribution in [-0.4, -0.2) is 10.2 Å². The zero-order valence-corrected chi connectivity index (χ0v) is 15.8. The minimum absolute atomic E-state index is 0.0276. The van der Waals surface area contributed by atoms with Gasteiger partial charge in [0.05, 0.1) is 21.3 Å². The summed E-state index contributed by atoms with van der Waals surface area (Å²) in [5, 5.41) is 18.1. The highest BCUT2D eigenvalue weighted by Gasteiger charge is 2.19.